The highest BCUT2D eigenvalue weighted by atomic mass is 32.2. The minimum atomic E-state index is -0.228. The van der Waals surface area contributed by atoms with Crippen LogP contribution in [0.15, 0.2) is 76.3 Å². The van der Waals surface area contributed by atoms with Gasteiger partial charge in [-0.2, -0.15) is 0 Å². The van der Waals surface area contributed by atoms with Gasteiger partial charge in [0, 0.05) is 17.5 Å². The number of nitrogens with one attached hydrogen (secondary N) is 1. The van der Waals surface area contributed by atoms with Gasteiger partial charge in [0.1, 0.15) is 12.4 Å². The van der Waals surface area contributed by atoms with Crippen LogP contribution in [0.4, 0.5) is 5.13 Å². The molecule has 33 heavy (non-hydrogen) atoms. The van der Waals surface area contributed by atoms with E-state index in [1.165, 1.54) is 22.5 Å². The van der Waals surface area contributed by atoms with Crippen molar-refractivity contribution in [3.8, 4) is 5.75 Å². The van der Waals surface area contributed by atoms with E-state index in [9.17, 15) is 4.79 Å². The largest absolute Gasteiger partial charge is 0.490 e. The molecule has 6 nitrogen and oxygen atoms in total. The Morgan fingerprint density at radius 3 is 2.64 bits per heavy atom. The molecule has 0 bridgehead atoms. The molecular weight excluding hydrogens is 452 g/mol. The van der Waals surface area contributed by atoms with Crippen LogP contribution < -0.4 is 10.1 Å². The number of aromatic nitrogens is 3. The summed E-state index contributed by atoms with van der Waals surface area (Å²) in [5, 5.41) is 11.5. The highest BCUT2D eigenvalue weighted by Crippen LogP contribution is 2.28. The van der Waals surface area contributed by atoms with Crippen molar-refractivity contribution in [2.75, 3.05) is 11.9 Å². The van der Waals surface area contributed by atoms with E-state index < -0.39 is 0 Å². The van der Waals surface area contributed by atoms with Gasteiger partial charge in [-0.3, -0.25) is 15.1 Å². The maximum atomic E-state index is 12.5. The van der Waals surface area contributed by atoms with Gasteiger partial charge in [0.25, 0.3) is 5.91 Å². The first-order chi connectivity index (χ1) is 16.0. The number of pyridine rings is 1. The molecule has 0 aliphatic rings. The number of amides is 1. The van der Waals surface area contributed by atoms with Gasteiger partial charge in [0.15, 0.2) is 4.34 Å². The van der Waals surface area contributed by atoms with Gasteiger partial charge in [-0.25, -0.2) is 0 Å². The fraction of sp³-hybridized carbons (Fsp3) is 0.280. The van der Waals surface area contributed by atoms with Gasteiger partial charge in [0.05, 0.1) is 5.69 Å². The number of carbonyl (C=O) groups is 1. The molecule has 0 radical (unpaired) electrons. The van der Waals surface area contributed by atoms with Gasteiger partial charge in [-0.15, -0.1) is 10.2 Å². The number of ether oxygens (including phenoxy) is 1. The first kappa shape index (κ1) is 24.7. The van der Waals surface area contributed by atoms with Crippen LogP contribution in [-0.4, -0.2) is 27.7 Å². The second-order valence-electron chi connectivity index (χ2n) is 7.64. The molecule has 1 aromatic carbocycles. The average molecular weight is 481 g/mol. The molecular formula is C25H28N4O2S2. The van der Waals surface area contributed by atoms with Crippen molar-refractivity contribution >= 4 is 34.1 Å². The summed E-state index contributed by atoms with van der Waals surface area (Å²) in [5.41, 5.74) is 4.15. The molecule has 1 N–H and O–H groups in total. The van der Waals surface area contributed by atoms with Crippen LogP contribution in [-0.2, 0) is 5.75 Å². The van der Waals surface area contributed by atoms with Gasteiger partial charge >= 0.3 is 0 Å². The third-order valence-corrected chi connectivity index (χ3v) is 6.59. The van der Waals surface area contributed by atoms with Crippen LogP contribution in [0.25, 0.3) is 0 Å². The Balaban J connectivity index is 1.44. The number of hydrogen-bond acceptors (Lipinski definition) is 7. The molecule has 8 heteroatoms. The SMILES string of the molecule is CC(C)=CCC/C(C)=C/COc1ccc(C(=O)Nc2nnc(SCc3ccccn3)s2)cc1. The van der Waals surface area contributed by atoms with Crippen LogP contribution in [0.5, 0.6) is 5.75 Å². The summed E-state index contributed by atoms with van der Waals surface area (Å²) in [5.74, 6) is 1.20. The highest BCUT2D eigenvalue weighted by molar-refractivity contribution is 8.00. The summed E-state index contributed by atoms with van der Waals surface area (Å²) in [6.45, 7) is 6.85. The zero-order valence-electron chi connectivity index (χ0n) is 19.1. The maximum absolute atomic E-state index is 12.5. The molecule has 3 aromatic rings. The standard InChI is InChI=1S/C25H28N4O2S2/c1-18(2)7-6-8-19(3)14-16-31-22-12-10-20(11-13-22)23(30)27-24-28-29-25(33-24)32-17-21-9-4-5-15-26-21/h4-5,7,9-15H,6,8,16-17H2,1-3H3,(H,27,28,30)/b19-14+. The Kier molecular flexibility index (Phi) is 9.65. The van der Waals surface area contributed by atoms with E-state index in [1.807, 2.05) is 18.2 Å². The lowest BCUT2D eigenvalue weighted by Gasteiger charge is -2.06. The van der Waals surface area contributed by atoms with Crippen LogP contribution in [0.3, 0.4) is 0 Å². The number of nitrogens with zero attached hydrogens (tertiary/aromatic N) is 3. The minimum Gasteiger partial charge on any atom is -0.490 e. The molecule has 0 saturated heterocycles. The molecule has 172 valence electrons. The fourth-order valence-corrected chi connectivity index (χ4v) is 4.44. The van der Waals surface area contributed by atoms with Crippen LogP contribution in [0, 0.1) is 0 Å². The lowest BCUT2D eigenvalue weighted by Crippen LogP contribution is -2.11. The van der Waals surface area contributed by atoms with Crippen molar-refractivity contribution in [3.05, 3.63) is 83.2 Å². The Morgan fingerprint density at radius 2 is 1.91 bits per heavy atom. The fourth-order valence-electron chi connectivity index (χ4n) is 2.78. The number of benzene rings is 1. The van der Waals surface area contributed by atoms with Crippen molar-refractivity contribution < 1.29 is 9.53 Å². The Labute approximate surface area is 203 Å². The summed E-state index contributed by atoms with van der Waals surface area (Å²) in [4.78, 5) is 16.8. The molecule has 2 aromatic heterocycles. The van der Waals surface area contributed by atoms with Crippen molar-refractivity contribution in [1.29, 1.82) is 0 Å². The highest BCUT2D eigenvalue weighted by Gasteiger charge is 2.11. The Bertz CT molecular complexity index is 1090. The quantitative estimate of drug-likeness (QED) is 0.190. The molecule has 0 unspecified atom stereocenters. The molecule has 0 aliphatic heterocycles. The first-order valence-electron chi connectivity index (χ1n) is 10.7. The summed E-state index contributed by atoms with van der Waals surface area (Å²) in [7, 11) is 0. The first-order valence-corrected chi connectivity index (χ1v) is 12.5. The van der Waals surface area contributed by atoms with E-state index in [-0.39, 0.29) is 5.91 Å². The van der Waals surface area contributed by atoms with Gasteiger partial charge in [-0.1, -0.05) is 46.4 Å². The van der Waals surface area contributed by atoms with E-state index in [1.54, 1.807) is 42.2 Å². The van der Waals surface area contributed by atoms with E-state index in [2.05, 4.69) is 53.4 Å². The molecule has 2 heterocycles. The van der Waals surface area contributed by atoms with E-state index in [0.717, 1.165) is 28.6 Å². The van der Waals surface area contributed by atoms with E-state index in [4.69, 9.17) is 4.74 Å². The second-order valence-corrected chi connectivity index (χ2v) is 9.84. The van der Waals surface area contributed by atoms with Crippen molar-refractivity contribution in [2.45, 2.75) is 43.7 Å². The lowest BCUT2D eigenvalue weighted by molar-refractivity contribution is 0.102. The van der Waals surface area contributed by atoms with Crippen molar-refractivity contribution in [3.63, 3.8) is 0 Å². The average Bonchev–Trinajstić information content (AvgIpc) is 3.26. The summed E-state index contributed by atoms with van der Waals surface area (Å²) in [6, 6.07) is 12.9. The molecule has 0 atom stereocenters. The van der Waals surface area contributed by atoms with Crippen LogP contribution in [0.1, 0.15) is 49.7 Å². The van der Waals surface area contributed by atoms with Gasteiger partial charge in [0.2, 0.25) is 5.13 Å². The van der Waals surface area contributed by atoms with Crippen LogP contribution in [0.2, 0.25) is 0 Å². The normalized spacial score (nSPS) is 11.2. The van der Waals surface area contributed by atoms with Gasteiger partial charge < -0.3 is 4.74 Å². The third kappa shape index (κ3) is 8.82. The maximum Gasteiger partial charge on any atom is 0.257 e. The van der Waals surface area contributed by atoms with Gasteiger partial charge in [-0.05, 0) is 76.1 Å². The molecule has 1 amide bonds. The number of allylic oxidation sites excluding steroid dienone is 3. The van der Waals surface area contributed by atoms with Crippen molar-refractivity contribution in [1.82, 2.24) is 15.2 Å². The number of thioether (sulfide) groups is 1. The zero-order chi connectivity index (χ0) is 23.5. The number of carbonyl (C=O) groups excluding carboxylic acids is 1. The monoisotopic (exact) mass is 480 g/mol. The summed E-state index contributed by atoms with van der Waals surface area (Å²) < 4.78 is 6.55. The lowest BCUT2D eigenvalue weighted by atomic mass is 10.1. The smallest absolute Gasteiger partial charge is 0.257 e. The number of rotatable bonds is 11. The molecule has 0 aliphatic carbocycles. The number of hydrogen-bond donors (Lipinski definition) is 1. The predicted molar refractivity (Wildman–Crippen MR) is 136 cm³/mol. The van der Waals surface area contributed by atoms with Crippen LogP contribution >= 0.6 is 23.1 Å². The minimum absolute atomic E-state index is 0.228. The second kappa shape index (κ2) is 12.9. The van der Waals surface area contributed by atoms with E-state index in [0.29, 0.717) is 23.1 Å². The Morgan fingerprint density at radius 1 is 1.09 bits per heavy atom. The molecule has 0 saturated carbocycles. The molecule has 0 fully saturated rings. The molecule has 0 spiro atoms. The summed E-state index contributed by atoms with van der Waals surface area (Å²) >= 11 is 2.89. The zero-order valence-corrected chi connectivity index (χ0v) is 20.7. The predicted octanol–water partition coefficient (Wildman–Crippen LogP) is 6.55. The topological polar surface area (TPSA) is 77.0 Å². The van der Waals surface area contributed by atoms with Crippen molar-refractivity contribution in [2.24, 2.45) is 0 Å². The van der Waals surface area contributed by atoms with E-state index >= 15 is 0 Å². The summed E-state index contributed by atoms with van der Waals surface area (Å²) in [6.07, 6.45) is 8.18. The third-order valence-electron chi connectivity index (χ3n) is 4.59. The number of anilines is 1. The molecule has 3 rings (SSSR count). The Hall–Kier alpha value is -2.97.